The number of hydrogen-bond donors (Lipinski definition) is 0. The number of benzene rings is 1. The largest absolute Gasteiger partial charge is 0.286 e. The van der Waals surface area contributed by atoms with E-state index >= 15 is 0 Å². The minimum absolute atomic E-state index is 0.383. The van der Waals surface area contributed by atoms with Gasteiger partial charge >= 0.3 is 0 Å². The van der Waals surface area contributed by atoms with Crippen LogP contribution in [0.15, 0.2) is 65.7 Å². The van der Waals surface area contributed by atoms with Gasteiger partial charge in [-0.25, -0.2) is 4.39 Å². The Kier molecular flexibility index (Phi) is 3.55. The van der Waals surface area contributed by atoms with Gasteiger partial charge in [0.05, 0.1) is 11.3 Å². The maximum Gasteiger partial charge on any atom is 0.261 e. The van der Waals surface area contributed by atoms with Gasteiger partial charge in [0, 0.05) is 18.0 Å². The zero-order valence-electron chi connectivity index (χ0n) is 11.1. The normalized spacial score (nSPS) is 10.5. The standard InChI is InChI=1S/C16H12FN3O/c17-11-20-10-8-13(14-7-4-9-18-19-14)15(16(20)21)12-5-2-1-3-6-12/h1-10H,11H2. The molecular weight excluding hydrogens is 269 g/mol. The summed E-state index contributed by atoms with van der Waals surface area (Å²) in [4.78, 5) is 12.5. The minimum Gasteiger partial charge on any atom is -0.286 e. The van der Waals surface area contributed by atoms with Crippen molar-refractivity contribution in [3.8, 4) is 22.4 Å². The molecule has 0 saturated carbocycles. The summed E-state index contributed by atoms with van der Waals surface area (Å²) in [6, 6.07) is 14.4. The Hall–Kier alpha value is -2.82. The molecule has 0 N–H and O–H groups in total. The summed E-state index contributed by atoms with van der Waals surface area (Å²) >= 11 is 0. The molecule has 0 atom stereocenters. The summed E-state index contributed by atoms with van der Waals surface area (Å²) in [6.45, 7) is -0.862. The van der Waals surface area contributed by atoms with Gasteiger partial charge in [-0.2, -0.15) is 10.2 Å². The van der Waals surface area contributed by atoms with Gasteiger partial charge in [-0.3, -0.25) is 9.36 Å². The third kappa shape index (κ3) is 2.45. The topological polar surface area (TPSA) is 47.8 Å². The smallest absolute Gasteiger partial charge is 0.261 e. The molecule has 0 spiro atoms. The predicted molar refractivity (Wildman–Crippen MR) is 78.3 cm³/mol. The van der Waals surface area contributed by atoms with Crippen molar-refractivity contribution in [2.24, 2.45) is 0 Å². The molecular formula is C16H12FN3O. The Morgan fingerprint density at radius 3 is 2.52 bits per heavy atom. The van der Waals surface area contributed by atoms with Gasteiger partial charge in [0.1, 0.15) is 0 Å². The van der Waals surface area contributed by atoms with Crippen LogP contribution in [0.5, 0.6) is 0 Å². The first-order valence-electron chi connectivity index (χ1n) is 6.44. The van der Waals surface area contributed by atoms with Crippen molar-refractivity contribution in [3.63, 3.8) is 0 Å². The van der Waals surface area contributed by atoms with E-state index in [1.165, 1.54) is 6.20 Å². The molecule has 0 amide bonds. The molecule has 0 aliphatic heterocycles. The van der Waals surface area contributed by atoms with Gasteiger partial charge in [-0.15, -0.1) is 0 Å². The fraction of sp³-hybridized carbons (Fsp3) is 0.0625. The number of halogens is 1. The molecule has 0 unspecified atom stereocenters. The highest BCUT2D eigenvalue weighted by atomic mass is 19.1. The zero-order valence-corrected chi connectivity index (χ0v) is 11.1. The molecule has 3 rings (SSSR count). The van der Waals surface area contributed by atoms with Crippen molar-refractivity contribution in [1.82, 2.24) is 14.8 Å². The summed E-state index contributed by atoms with van der Waals surface area (Å²) in [5.74, 6) is 0. The van der Waals surface area contributed by atoms with Gasteiger partial charge in [0.25, 0.3) is 5.56 Å². The molecule has 1 aromatic carbocycles. The van der Waals surface area contributed by atoms with Crippen LogP contribution in [0.25, 0.3) is 22.4 Å². The van der Waals surface area contributed by atoms with Crippen LogP contribution in [-0.2, 0) is 6.80 Å². The van der Waals surface area contributed by atoms with Crippen molar-refractivity contribution in [2.75, 3.05) is 0 Å². The number of nitrogens with zero attached hydrogens (tertiary/aromatic N) is 3. The van der Waals surface area contributed by atoms with Crippen molar-refractivity contribution < 1.29 is 4.39 Å². The van der Waals surface area contributed by atoms with Gasteiger partial charge in [-0.05, 0) is 23.8 Å². The molecule has 0 fully saturated rings. The molecule has 2 aromatic heterocycles. The molecule has 21 heavy (non-hydrogen) atoms. The number of alkyl halides is 1. The van der Waals surface area contributed by atoms with E-state index in [2.05, 4.69) is 10.2 Å². The van der Waals surface area contributed by atoms with Crippen LogP contribution < -0.4 is 5.56 Å². The van der Waals surface area contributed by atoms with E-state index < -0.39 is 6.80 Å². The van der Waals surface area contributed by atoms with E-state index in [1.807, 2.05) is 30.3 Å². The van der Waals surface area contributed by atoms with E-state index in [1.54, 1.807) is 24.4 Å². The van der Waals surface area contributed by atoms with E-state index in [0.717, 1.165) is 10.1 Å². The van der Waals surface area contributed by atoms with Crippen LogP contribution in [-0.4, -0.2) is 14.8 Å². The fourth-order valence-electron chi connectivity index (χ4n) is 2.21. The van der Waals surface area contributed by atoms with Gasteiger partial charge in [0.15, 0.2) is 6.80 Å². The van der Waals surface area contributed by atoms with Crippen LogP contribution >= 0.6 is 0 Å². The lowest BCUT2D eigenvalue weighted by Crippen LogP contribution is -2.20. The maximum atomic E-state index is 13.0. The molecule has 104 valence electrons. The Bertz CT molecular complexity index is 801. The first kappa shape index (κ1) is 13.2. The Labute approximate surface area is 120 Å². The molecule has 0 aliphatic rings. The Balaban J connectivity index is 2.31. The lowest BCUT2D eigenvalue weighted by molar-refractivity contribution is 0.369. The van der Waals surface area contributed by atoms with Gasteiger partial charge in [-0.1, -0.05) is 30.3 Å². The fourth-order valence-corrected chi connectivity index (χ4v) is 2.21. The second-order valence-corrected chi connectivity index (χ2v) is 4.47. The number of hydrogen-bond acceptors (Lipinski definition) is 3. The number of aromatic nitrogens is 3. The average Bonchev–Trinajstić information content (AvgIpc) is 2.56. The summed E-state index contributed by atoms with van der Waals surface area (Å²) in [5.41, 5.74) is 2.00. The van der Waals surface area contributed by atoms with E-state index in [9.17, 15) is 9.18 Å². The van der Waals surface area contributed by atoms with Gasteiger partial charge < -0.3 is 0 Å². The van der Waals surface area contributed by atoms with Crippen LogP contribution in [0, 0.1) is 0 Å². The Morgan fingerprint density at radius 2 is 1.86 bits per heavy atom. The summed E-state index contributed by atoms with van der Waals surface area (Å²) < 4.78 is 14.0. The van der Waals surface area contributed by atoms with E-state index in [4.69, 9.17) is 0 Å². The second kappa shape index (κ2) is 5.66. The summed E-state index contributed by atoms with van der Waals surface area (Å²) in [7, 11) is 0. The van der Waals surface area contributed by atoms with Crippen LogP contribution in [0.3, 0.4) is 0 Å². The van der Waals surface area contributed by atoms with E-state index in [0.29, 0.717) is 16.8 Å². The third-order valence-corrected chi connectivity index (χ3v) is 3.20. The average molecular weight is 281 g/mol. The lowest BCUT2D eigenvalue weighted by Gasteiger charge is -2.10. The molecule has 0 saturated heterocycles. The lowest BCUT2D eigenvalue weighted by atomic mass is 9.99. The van der Waals surface area contributed by atoms with Gasteiger partial charge in [0.2, 0.25) is 0 Å². The SMILES string of the molecule is O=c1c(-c2ccccc2)c(-c2cccnn2)ccn1CF. The van der Waals surface area contributed by atoms with Crippen molar-refractivity contribution in [1.29, 1.82) is 0 Å². The highest BCUT2D eigenvalue weighted by Crippen LogP contribution is 2.27. The molecule has 0 bridgehead atoms. The summed E-state index contributed by atoms with van der Waals surface area (Å²) in [6.07, 6.45) is 2.99. The van der Waals surface area contributed by atoms with Crippen LogP contribution in [0.2, 0.25) is 0 Å². The molecule has 4 nitrogen and oxygen atoms in total. The second-order valence-electron chi connectivity index (χ2n) is 4.47. The third-order valence-electron chi connectivity index (χ3n) is 3.20. The summed E-state index contributed by atoms with van der Waals surface area (Å²) in [5, 5.41) is 7.88. The van der Waals surface area contributed by atoms with Crippen LogP contribution in [0.4, 0.5) is 4.39 Å². The van der Waals surface area contributed by atoms with Crippen molar-refractivity contribution in [2.45, 2.75) is 6.80 Å². The van der Waals surface area contributed by atoms with E-state index in [-0.39, 0.29) is 5.56 Å². The molecule has 3 aromatic rings. The van der Waals surface area contributed by atoms with Crippen LogP contribution in [0.1, 0.15) is 0 Å². The highest BCUT2D eigenvalue weighted by Gasteiger charge is 2.14. The highest BCUT2D eigenvalue weighted by molar-refractivity contribution is 5.80. The predicted octanol–water partition coefficient (Wildman–Crippen LogP) is 2.90. The molecule has 0 radical (unpaired) electrons. The number of rotatable bonds is 3. The molecule has 5 heteroatoms. The monoisotopic (exact) mass is 281 g/mol. The van der Waals surface area contributed by atoms with Crippen molar-refractivity contribution >= 4 is 0 Å². The maximum absolute atomic E-state index is 13.0. The molecule has 2 heterocycles. The van der Waals surface area contributed by atoms with Crippen molar-refractivity contribution in [3.05, 3.63) is 71.3 Å². The molecule has 0 aliphatic carbocycles. The first-order chi connectivity index (χ1) is 10.3. The minimum atomic E-state index is -0.862. The quantitative estimate of drug-likeness (QED) is 0.741. The number of pyridine rings is 1. The zero-order chi connectivity index (χ0) is 14.7. The Morgan fingerprint density at radius 1 is 1.05 bits per heavy atom. The first-order valence-corrected chi connectivity index (χ1v) is 6.44.